The number of nitrogens with one attached hydrogen (secondary N) is 1. The first-order valence-electron chi connectivity index (χ1n) is 7.02. The molecule has 2 unspecified atom stereocenters. The molecule has 2 bridgehead atoms. The van der Waals surface area contributed by atoms with Crippen LogP contribution in [0.3, 0.4) is 0 Å². The van der Waals surface area contributed by atoms with E-state index in [1.165, 1.54) is 31.2 Å². The van der Waals surface area contributed by atoms with Gasteiger partial charge in [0, 0.05) is 34.2 Å². The van der Waals surface area contributed by atoms with Gasteiger partial charge in [-0.25, -0.2) is 0 Å². The Bertz CT molecular complexity index is 453. The Labute approximate surface area is 128 Å². The van der Waals surface area contributed by atoms with Gasteiger partial charge in [0.1, 0.15) is 0 Å². The number of piperidine rings is 1. The second-order valence-electron chi connectivity index (χ2n) is 5.91. The molecule has 0 amide bonds. The second-order valence-corrected chi connectivity index (χ2v) is 7.20. The highest BCUT2D eigenvalue weighted by molar-refractivity contribution is 9.10. The van der Waals surface area contributed by atoms with Crippen molar-refractivity contribution in [2.45, 2.75) is 50.4 Å². The zero-order chi connectivity index (χ0) is 13.4. The lowest BCUT2D eigenvalue weighted by atomic mass is 9.98. The summed E-state index contributed by atoms with van der Waals surface area (Å²) in [5, 5.41) is 4.52. The number of halogens is 2. The van der Waals surface area contributed by atoms with Gasteiger partial charge in [0.2, 0.25) is 0 Å². The largest absolute Gasteiger partial charge is 0.311 e. The van der Waals surface area contributed by atoms with Crippen molar-refractivity contribution in [1.82, 2.24) is 10.2 Å². The fraction of sp³-hybridized carbons (Fsp3) is 0.600. The number of fused-ring (bicyclic) bond motifs is 2. The minimum Gasteiger partial charge on any atom is -0.311 e. The minimum atomic E-state index is 0.699. The maximum absolute atomic E-state index is 6.09. The number of hydrogen-bond donors (Lipinski definition) is 1. The van der Waals surface area contributed by atoms with Crippen LogP contribution >= 0.6 is 27.5 Å². The van der Waals surface area contributed by atoms with Crippen LogP contribution in [0.4, 0.5) is 0 Å². The van der Waals surface area contributed by atoms with Gasteiger partial charge < -0.3 is 5.32 Å². The molecule has 0 aromatic heterocycles. The Morgan fingerprint density at radius 1 is 1.32 bits per heavy atom. The lowest BCUT2D eigenvalue weighted by Crippen LogP contribution is -2.46. The standard InChI is InChI=1S/C15H20BrClN2/c1-19(9-10-6-11(17)2-5-15(10)16)14-7-12-3-4-13(8-14)18-12/h2,5-6,12-14,18H,3-4,7-9H2,1H3. The summed E-state index contributed by atoms with van der Waals surface area (Å²) in [6, 6.07) is 8.22. The van der Waals surface area contributed by atoms with E-state index in [-0.39, 0.29) is 0 Å². The van der Waals surface area contributed by atoms with Gasteiger partial charge in [0.05, 0.1) is 0 Å². The summed E-state index contributed by atoms with van der Waals surface area (Å²) in [7, 11) is 2.24. The van der Waals surface area contributed by atoms with Crippen molar-refractivity contribution in [2.75, 3.05) is 7.05 Å². The number of hydrogen-bond acceptors (Lipinski definition) is 2. The average Bonchev–Trinajstić information content (AvgIpc) is 2.72. The molecule has 2 aliphatic heterocycles. The van der Waals surface area contributed by atoms with Crippen molar-refractivity contribution in [3.05, 3.63) is 33.3 Å². The van der Waals surface area contributed by atoms with Gasteiger partial charge in [-0.2, -0.15) is 0 Å². The Balaban J connectivity index is 1.67. The van der Waals surface area contributed by atoms with Crippen molar-refractivity contribution < 1.29 is 0 Å². The molecule has 1 aromatic rings. The molecule has 19 heavy (non-hydrogen) atoms. The van der Waals surface area contributed by atoms with E-state index in [2.05, 4.69) is 39.3 Å². The predicted octanol–water partition coefficient (Wildman–Crippen LogP) is 3.82. The molecule has 0 radical (unpaired) electrons. The summed E-state index contributed by atoms with van der Waals surface area (Å²) in [5.74, 6) is 0. The van der Waals surface area contributed by atoms with E-state index in [1.54, 1.807) is 0 Å². The normalized spacial score (nSPS) is 30.0. The SMILES string of the molecule is CN(Cc1cc(Cl)ccc1Br)C1CC2CCC(C1)N2. The van der Waals surface area contributed by atoms with E-state index in [0.717, 1.165) is 28.1 Å². The molecule has 0 spiro atoms. The van der Waals surface area contributed by atoms with Crippen LogP contribution in [0.5, 0.6) is 0 Å². The zero-order valence-electron chi connectivity index (χ0n) is 11.2. The smallest absolute Gasteiger partial charge is 0.0410 e. The molecule has 2 heterocycles. The van der Waals surface area contributed by atoms with E-state index < -0.39 is 0 Å². The summed E-state index contributed by atoms with van der Waals surface area (Å²) in [6.45, 7) is 0.964. The molecule has 3 rings (SSSR count). The van der Waals surface area contributed by atoms with E-state index in [4.69, 9.17) is 11.6 Å². The number of rotatable bonds is 3. The number of nitrogens with zero attached hydrogens (tertiary/aromatic N) is 1. The lowest BCUT2D eigenvalue weighted by molar-refractivity contribution is 0.165. The molecule has 0 aliphatic carbocycles. The van der Waals surface area contributed by atoms with Crippen LogP contribution in [0.2, 0.25) is 5.02 Å². The first-order valence-corrected chi connectivity index (χ1v) is 8.19. The highest BCUT2D eigenvalue weighted by Gasteiger charge is 2.34. The van der Waals surface area contributed by atoms with Gasteiger partial charge in [0.15, 0.2) is 0 Å². The predicted molar refractivity (Wildman–Crippen MR) is 83.6 cm³/mol. The summed E-state index contributed by atoms with van der Waals surface area (Å²) in [5.41, 5.74) is 1.28. The monoisotopic (exact) mass is 342 g/mol. The quantitative estimate of drug-likeness (QED) is 0.897. The van der Waals surface area contributed by atoms with Crippen LogP contribution in [0.25, 0.3) is 0 Å². The maximum Gasteiger partial charge on any atom is 0.0410 e. The summed E-state index contributed by atoms with van der Waals surface area (Å²) < 4.78 is 1.15. The van der Waals surface area contributed by atoms with Gasteiger partial charge in [0.25, 0.3) is 0 Å². The highest BCUT2D eigenvalue weighted by atomic mass is 79.9. The van der Waals surface area contributed by atoms with Crippen molar-refractivity contribution in [3.8, 4) is 0 Å². The Morgan fingerprint density at radius 2 is 2.00 bits per heavy atom. The van der Waals surface area contributed by atoms with Crippen molar-refractivity contribution >= 4 is 27.5 Å². The summed E-state index contributed by atoms with van der Waals surface area (Å²) >= 11 is 9.71. The first kappa shape index (κ1) is 13.9. The van der Waals surface area contributed by atoms with Crippen LogP contribution in [-0.2, 0) is 6.54 Å². The van der Waals surface area contributed by atoms with E-state index in [9.17, 15) is 0 Å². The molecule has 0 saturated carbocycles. The fourth-order valence-electron chi connectivity index (χ4n) is 3.45. The zero-order valence-corrected chi connectivity index (χ0v) is 13.5. The van der Waals surface area contributed by atoms with Gasteiger partial charge in [-0.15, -0.1) is 0 Å². The number of benzene rings is 1. The van der Waals surface area contributed by atoms with Crippen LogP contribution < -0.4 is 5.32 Å². The van der Waals surface area contributed by atoms with E-state index in [1.807, 2.05) is 12.1 Å². The Hall–Kier alpha value is -0.0900. The molecule has 2 aliphatic rings. The van der Waals surface area contributed by atoms with Crippen LogP contribution in [0.1, 0.15) is 31.2 Å². The van der Waals surface area contributed by atoms with Crippen LogP contribution in [-0.4, -0.2) is 30.1 Å². The Morgan fingerprint density at radius 3 is 2.68 bits per heavy atom. The van der Waals surface area contributed by atoms with Gasteiger partial charge >= 0.3 is 0 Å². The molecule has 4 heteroatoms. The molecule has 2 saturated heterocycles. The van der Waals surface area contributed by atoms with Crippen molar-refractivity contribution in [2.24, 2.45) is 0 Å². The molecule has 2 nitrogen and oxygen atoms in total. The molecule has 104 valence electrons. The van der Waals surface area contributed by atoms with Crippen LogP contribution in [0, 0.1) is 0 Å². The van der Waals surface area contributed by atoms with E-state index in [0.29, 0.717) is 6.04 Å². The fourth-order valence-corrected chi connectivity index (χ4v) is 4.02. The summed E-state index contributed by atoms with van der Waals surface area (Å²) in [6.07, 6.45) is 5.28. The third kappa shape index (κ3) is 3.15. The second kappa shape index (κ2) is 5.72. The average molecular weight is 344 g/mol. The molecule has 2 atom stereocenters. The maximum atomic E-state index is 6.09. The van der Waals surface area contributed by atoms with Crippen LogP contribution in [0.15, 0.2) is 22.7 Å². The molecule has 1 N–H and O–H groups in total. The minimum absolute atomic E-state index is 0.699. The lowest BCUT2D eigenvalue weighted by Gasteiger charge is -2.35. The van der Waals surface area contributed by atoms with Crippen molar-refractivity contribution in [1.29, 1.82) is 0 Å². The van der Waals surface area contributed by atoms with Gasteiger partial charge in [-0.05, 0) is 56.5 Å². The third-order valence-electron chi connectivity index (χ3n) is 4.50. The third-order valence-corrected chi connectivity index (χ3v) is 5.51. The van der Waals surface area contributed by atoms with Crippen molar-refractivity contribution in [3.63, 3.8) is 0 Å². The molecular formula is C15H20BrClN2. The Kier molecular flexibility index (Phi) is 4.18. The first-order chi connectivity index (χ1) is 9.11. The topological polar surface area (TPSA) is 15.3 Å². The summed E-state index contributed by atoms with van der Waals surface area (Å²) in [4.78, 5) is 2.49. The molecular weight excluding hydrogens is 324 g/mol. The van der Waals surface area contributed by atoms with Gasteiger partial charge in [-0.1, -0.05) is 27.5 Å². The van der Waals surface area contributed by atoms with E-state index >= 15 is 0 Å². The molecule has 2 fully saturated rings. The highest BCUT2D eigenvalue weighted by Crippen LogP contribution is 2.31. The van der Waals surface area contributed by atoms with Gasteiger partial charge in [-0.3, -0.25) is 4.90 Å². The molecule has 1 aromatic carbocycles.